The number of esters is 1. The van der Waals surface area contributed by atoms with Crippen LogP contribution in [0.15, 0.2) is 45.8 Å². The molecule has 0 N–H and O–H groups in total. The molecule has 0 aliphatic carbocycles. The fourth-order valence-corrected chi connectivity index (χ4v) is 4.20. The van der Waals surface area contributed by atoms with Crippen LogP contribution in [0.2, 0.25) is 5.02 Å². The Morgan fingerprint density at radius 1 is 1.09 bits per heavy atom. The number of nitrogens with zero attached hydrogens (tertiary/aromatic N) is 1. The van der Waals surface area contributed by atoms with E-state index in [0.29, 0.717) is 38.9 Å². The van der Waals surface area contributed by atoms with Gasteiger partial charge in [-0.15, -0.1) is 0 Å². The largest absolute Gasteiger partial charge is 0.490 e. The predicted molar refractivity (Wildman–Crippen MR) is 127 cm³/mol. The highest BCUT2D eigenvalue weighted by Crippen LogP contribution is 2.39. The number of anilines is 1. The lowest BCUT2D eigenvalue weighted by Crippen LogP contribution is -2.27. The van der Waals surface area contributed by atoms with Crippen molar-refractivity contribution in [3.05, 3.63) is 56.4 Å². The molecule has 0 bridgehead atoms. The van der Waals surface area contributed by atoms with E-state index in [2.05, 4.69) is 15.9 Å². The number of amides is 2. The zero-order chi connectivity index (χ0) is 23.3. The molecule has 32 heavy (non-hydrogen) atoms. The number of carbonyl (C=O) groups excluding carboxylic acids is 3. The fraction of sp³-hybridized carbons (Fsp3) is 0.227. The van der Waals surface area contributed by atoms with Gasteiger partial charge in [-0.05, 0) is 73.6 Å². The number of hydrogen-bond acceptors (Lipinski definition) is 7. The summed E-state index contributed by atoms with van der Waals surface area (Å²) < 4.78 is 16.6. The van der Waals surface area contributed by atoms with Crippen LogP contribution >= 0.6 is 39.3 Å². The van der Waals surface area contributed by atoms with Crippen LogP contribution in [0.25, 0.3) is 6.08 Å². The molecule has 0 radical (unpaired) electrons. The Kier molecular flexibility index (Phi) is 8.22. The van der Waals surface area contributed by atoms with Crippen molar-refractivity contribution in [3.63, 3.8) is 0 Å². The maximum atomic E-state index is 12.9. The predicted octanol–water partition coefficient (Wildman–Crippen LogP) is 5.68. The quantitative estimate of drug-likeness (QED) is 0.314. The normalized spacial score (nSPS) is 14.8. The van der Waals surface area contributed by atoms with Crippen LogP contribution in [0.1, 0.15) is 19.4 Å². The van der Waals surface area contributed by atoms with Crippen molar-refractivity contribution < 1.29 is 28.6 Å². The van der Waals surface area contributed by atoms with Crippen molar-refractivity contribution in [1.29, 1.82) is 0 Å². The Labute approximate surface area is 202 Å². The summed E-state index contributed by atoms with van der Waals surface area (Å²) in [7, 11) is 0. The number of ether oxygens (including phenoxy) is 3. The van der Waals surface area contributed by atoms with Gasteiger partial charge in [0.2, 0.25) is 0 Å². The Bertz CT molecular complexity index is 1070. The molecule has 7 nitrogen and oxygen atoms in total. The molecule has 0 atom stereocenters. The van der Waals surface area contributed by atoms with Gasteiger partial charge in [0.25, 0.3) is 11.1 Å². The lowest BCUT2D eigenvalue weighted by Gasteiger charge is -2.14. The molecule has 1 heterocycles. The smallest absolute Gasteiger partial charge is 0.344 e. The van der Waals surface area contributed by atoms with Gasteiger partial charge in [0, 0.05) is 9.50 Å². The number of benzene rings is 2. The number of rotatable bonds is 8. The van der Waals surface area contributed by atoms with Crippen LogP contribution in [-0.2, 0) is 14.3 Å². The van der Waals surface area contributed by atoms with Crippen LogP contribution < -0.4 is 14.4 Å². The van der Waals surface area contributed by atoms with E-state index < -0.39 is 17.1 Å². The maximum Gasteiger partial charge on any atom is 0.344 e. The average Bonchev–Trinajstić information content (AvgIpc) is 3.03. The van der Waals surface area contributed by atoms with Crippen LogP contribution in [0, 0.1) is 0 Å². The first kappa shape index (κ1) is 24.2. The first-order valence-electron chi connectivity index (χ1n) is 9.62. The van der Waals surface area contributed by atoms with Crippen molar-refractivity contribution in [3.8, 4) is 11.5 Å². The fourth-order valence-electron chi connectivity index (χ4n) is 2.80. The summed E-state index contributed by atoms with van der Waals surface area (Å²) in [5, 5.41) is 0.105. The van der Waals surface area contributed by atoms with Crippen molar-refractivity contribution in [2.24, 2.45) is 0 Å². The van der Waals surface area contributed by atoms with E-state index in [1.165, 1.54) is 0 Å². The highest BCUT2D eigenvalue weighted by atomic mass is 79.9. The van der Waals surface area contributed by atoms with Gasteiger partial charge in [-0.25, -0.2) is 9.69 Å². The van der Waals surface area contributed by atoms with Crippen molar-refractivity contribution in [2.45, 2.75) is 13.8 Å². The second-order valence-electron chi connectivity index (χ2n) is 6.34. The summed E-state index contributed by atoms with van der Waals surface area (Å²) in [4.78, 5) is 38.3. The molecule has 0 unspecified atom stereocenters. The second kappa shape index (κ2) is 10.9. The topological polar surface area (TPSA) is 82.1 Å². The molecule has 0 spiro atoms. The molecule has 1 aliphatic rings. The number of carbonyl (C=O) groups is 3. The van der Waals surface area contributed by atoms with Crippen LogP contribution in [0.3, 0.4) is 0 Å². The number of imide groups is 1. The average molecular weight is 541 g/mol. The van der Waals surface area contributed by atoms with E-state index in [9.17, 15) is 14.4 Å². The van der Waals surface area contributed by atoms with E-state index in [-0.39, 0.29) is 18.1 Å². The SMILES string of the molecule is CCOC(=O)COc1cc(Br)c(/C=C2/SC(=O)N(c3ccc(Cl)cc3)C2=O)cc1OCC. The Morgan fingerprint density at radius 2 is 1.78 bits per heavy atom. The molecule has 2 amide bonds. The molecule has 0 saturated carbocycles. The molecule has 2 aromatic rings. The van der Waals surface area contributed by atoms with Gasteiger partial charge in [-0.1, -0.05) is 27.5 Å². The molecule has 1 fully saturated rings. The van der Waals surface area contributed by atoms with E-state index in [1.54, 1.807) is 49.4 Å². The van der Waals surface area contributed by atoms with Gasteiger partial charge in [-0.2, -0.15) is 0 Å². The van der Waals surface area contributed by atoms with Gasteiger partial charge in [0.05, 0.1) is 23.8 Å². The Morgan fingerprint density at radius 3 is 2.44 bits per heavy atom. The third kappa shape index (κ3) is 5.65. The summed E-state index contributed by atoms with van der Waals surface area (Å²) in [6, 6.07) is 9.76. The molecule has 10 heteroatoms. The standard InChI is InChI=1S/C22H19BrClNO6S/c1-3-29-17-9-13(16(23)11-18(17)31-12-20(26)30-4-2)10-19-21(27)25(22(28)32-19)15-7-5-14(24)6-8-15/h5-11H,3-4,12H2,1-2H3/b19-10+. The summed E-state index contributed by atoms with van der Waals surface area (Å²) >= 11 is 10.2. The molecule has 3 rings (SSSR count). The summed E-state index contributed by atoms with van der Waals surface area (Å²) in [6.45, 7) is 3.88. The van der Waals surface area contributed by atoms with Gasteiger partial charge >= 0.3 is 5.97 Å². The van der Waals surface area contributed by atoms with Crippen molar-refractivity contribution >= 4 is 68.2 Å². The molecular weight excluding hydrogens is 522 g/mol. The number of halogens is 2. The Hall–Kier alpha value is -2.49. The van der Waals surface area contributed by atoms with Crippen LogP contribution in [0.4, 0.5) is 10.5 Å². The van der Waals surface area contributed by atoms with Gasteiger partial charge in [0.1, 0.15) is 0 Å². The van der Waals surface area contributed by atoms with E-state index in [4.69, 9.17) is 25.8 Å². The summed E-state index contributed by atoms with van der Waals surface area (Å²) in [5.74, 6) is -0.192. The monoisotopic (exact) mass is 539 g/mol. The Balaban J connectivity index is 1.87. The summed E-state index contributed by atoms with van der Waals surface area (Å²) in [5.41, 5.74) is 1.05. The van der Waals surface area contributed by atoms with Gasteiger partial charge < -0.3 is 14.2 Å². The minimum atomic E-state index is -0.494. The van der Waals surface area contributed by atoms with E-state index >= 15 is 0 Å². The third-order valence-electron chi connectivity index (χ3n) is 4.18. The van der Waals surface area contributed by atoms with Crippen molar-refractivity contribution in [1.82, 2.24) is 0 Å². The molecule has 1 aliphatic heterocycles. The van der Waals surface area contributed by atoms with E-state index in [1.807, 2.05) is 6.92 Å². The lowest BCUT2D eigenvalue weighted by molar-refractivity contribution is -0.145. The third-order valence-corrected chi connectivity index (χ3v) is 5.99. The van der Waals surface area contributed by atoms with Gasteiger partial charge in [-0.3, -0.25) is 9.59 Å². The zero-order valence-electron chi connectivity index (χ0n) is 17.2. The first-order chi connectivity index (χ1) is 15.3. The van der Waals surface area contributed by atoms with Crippen LogP contribution in [0.5, 0.6) is 11.5 Å². The van der Waals surface area contributed by atoms with Crippen LogP contribution in [-0.4, -0.2) is 36.9 Å². The minimum Gasteiger partial charge on any atom is -0.490 e. The first-order valence-corrected chi connectivity index (χ1v) is 11.6. The number of hydrogen-bond donors (Lipinski definition) is 0. The summed E-state index contributed by atoms with van der Waals surface area (Å²) in [6.07, 6.45) is 1.60. The maximum absolute atomic E-state index is 12.9. The molecule has 1 saturated heterocycles. The zero-order valence-corrected chi connectivity index (χ0v) is 20.4. The molecular formula is C22H19BrClNO6S. The molecule has 2 aromatic carbocycles. The van der Waals surface area contributed by atoms with Crippen molar-refractivity contribution in [2.75, 3.05) is 24.7 Å². The lowest BCUT2D eigenvalue weighted by atomic mass is 10.1. The number of thioether (sulfide) groups is 1. The van der Waals surface area contributed by atoms with Gasteiger partial charge in [0.15, 0.2) is 18.1 Å². The highest BCUT2D eigenvalue weighted by molar-refractivity contribution is 9.10. The molecule has 0 aromatic heterocycles. The molecule has 168 valence electrons. The van der Waals surface area contributed by atoms with E-state index in [0.717, 1.165) is 16.7 Å². The second-order valence-corrected chi connectivity index (χ2v) is 8.62. The highest BCUT2D eigenvalue weighted by Gasteiger charge is 2.36. The minimum absolute atomic E-state index is 0.258.